The van der Waals surface area contributed by atoms with E-state index in [0.717, 1.165) is 5.56 Å². The van der Waals surface area contributed by atoms with Gasteiger partial charge in [-0.05, 0) is 50.6 Å². The van der Waals surface area contributed by atoms with Gasteiger partial charge in [-0.3, -0.25) is 4.31 Å². The summed E-state index contributed by atoms with van der Waals surface area (Å²) in [5.74, 6) is 0. The molecule has 0 amide bonds. The van der Waals surface area contributed by atoms with Crippen molar-refractivity contribution in [3.8, 4) is 0 Å². The van der Waals surface area contributed by atoms with E-state index in [1.54, 1.807) is 24.3 Å². The van der Waals surface area contributed by atoms with Crippen LogP contribution in [0.3, 0.4) is 0 Å². The minimum Gasteiger partial charge on any atom is -0.264 e. The predicted molar refractivity (Wildman–Crippen MR) is 87.4 cm³/mol. The Hall–Kier alpha value is -1.52. The van der Waals surface area contributed by atoms with E-state index < -0.39 is 10.0 Å². The van der Waals surface area contributed by atoms with E-state index in [0.29, 0.717) is 10.7 Å². The highest BCUT2D eigenvalue weighted by Gasteiger charge is 2.27. The first kappa shape index (κ1) is 15.9. The molecule has 2 aromatic carbocycles. The van der Waals surface area contributed by atoms with Gasteiger partial charge in [0.25, 0.3) is 10.0 Å². The van der Waals surface area contributed by atoms with Gasteiger partial charge in [0.05, 0.1) is 10.6 Å². The first-order chi connectivity index (χ1) is 9.84. The smallest absolute Gasteiger partial charge is 0.264 e. The number of para-hydroxylation sites is 1. The van der Waals surface area contributed by atoms with Gasteiger partial charge in [0.1, 0.15) is 0 Å². The van der Waals surface area contributed by atoms with Crippen molar-refractivity contribution in [2.75, 3.05) is 4.31 Å². The van der Waals surface area contributed by atoms with Crippen molar-refractivity contribution in [3.05, 3.63) is 59.1 Å². The molecule has 3 nitrogen and oxygen atoms in total. The van der Waals surface area contributed by atoms with Crippen LogP contribution in [0.15, 0.2) is 53.4 Å². The minimum absolute atomic E-state index is 0.197. The fourth-order valence-electron chi connectivity index (χ4n) is 2.14. The Morgan fingerprint density at radius 3 is 2.19 bits per heavy atom. The average molecular weight is 324 g/mol. The number of anilines is 1. The van der Waals surface area contributed by atoms with Gasteiger partial charge in [0, 0.05) is 11.1 Å². The van der Waals surface area contributed by atoms with Crippen LogP contribution in [0.5, 0.6) is 0 Å². The molecular weight excluding hydrogens is 306 g/mol. The number of hydrogen-bond donors (Lipinski definition) is 0. The van der Waals surface area contributed by atoms with Crippen LogP contribution < -0.4 is 4.31 Å². The lowest BCUT2D eigenvalue weighted by Crippen LogP contribution is -2.37. The van der Waals surface area contributed by atoms with Gasteiger partial charge in [0.15, 0.2) is 0 Å². The van der Waals surface area contributed by atoms with Gasteiger partial charge in [-0.2, -0.15) is 0 Å². The zero-order chi connectivity index (χ0) is 15.6. The van der Waals surface area contributed by atoms with Crippen molar-refractivity contribution < 1.29 is 8.42 Å². The maximum absolute atomic E-state index is 12.9. The summed E-state index contributed by atoms with van der Waals surface area (Å²) < 4.78 is 27.2. The van der Waals surface area contributed by atoms with Crippen molar-refractivity contribution in [2.45, 2.75) is 31.7 Å². The quantitative estimate of drug-likeness (QED) is 0.843. The predicted octanol–water partition coefficient (Wildman–Crippen LogP) is 4.25. The van der Waals surface area contributed by atoms with E-state index >= 15 is 0 Å². The van der Waals surface area contributed by atoms with Crippen LogP contribution in [0.2, 0.25) is 5.02 Å². The third kappa shape index (κ3) is 3.22. The number of hydrogen-bond acceptors (Lipinski definition) is 2. The highest BCUT2D eigenvalue weighted by Crippen LogP contribution is 2.28. The summed E-state index contributed by atoms with van der Waals surface area (Å²) >= 11 is 6.07. The lowest BCUT2D eigenvalue weighted by atomic mass is 10.2. The maximum atomic E-state index is 12.9. The molecule has 0 radical (unpaired) electrons. The Kier molecular flexibility index (Phi) is 4.59. The second kappa shape index (κ2) is 6.08. The molecule has 0 aromatic heterocycles. The fourth-order valence-corrected chi connectivity index (χ4v) is 4.07. The molecule has 0 N–H and O–H groups in total. The van der Waals surface area contributed by atoms with Gasteiger partial charge >= 0.3 is 0 Å². The van der Waals surface area contributed by atoms with Crippen molar-refractivity contribution >= 4 is 27.3 Å². The van der Waals surface area contributed by atoms with Crippen LogP contribution in [-0.2, 0) is 10.0 Å². The lowest BCUT2D eigenvalue weighted by molar-refractivity contribution is 0.584. The van der Waals surface area contributed by atoms with Gasteiger partial charge in [-0.15, -0.1) is 0 Å². The first-order valence-corrected chi connectivity index (χ1v) is 8.51. The summed E-state index contributed by atoms with van der Waals surface area (Å²) in [7, 11) is -3.64. The average Bonchev–Trinajstić information content (AvgIpc) is 2.42. The Morgan fingerprint density at radius 1 is 1.05 bits per heavy atom. The molecule has 2 rings (SSSR count). The first-order valence-electron chi connectivity index (χ1n) is 6.69. The van der Waals surface area contributed by atoms with Crippen LogP contribution in [0, 0.1) is 6.92 Å². The molecule has 0 saturated carbocycles. The number of sulfonamides is 1. The van der Waals surface area contributed by atoms with Crippen LogP contribution in [0.25, 0.3) is 0 Å². The Morgan fingerprint density at radius 2 is 1.67 bits per heavy atom. The summed E-state index contributed by atoms with van der Waals surface area (Å²) in [6, 6.07) is 13.7. The normalized spacial score (nSPS) is 11.7. The second-order valence-corrected chi connectivity index (χ2v) is 7.36. The van der Waals surface area contributed by atoms with Crippen LogP contribution >= 0.6 is 11.6 Å². The van der Waals surface area contributed by atoms with Crippen molar-refractivity contribution in [1.29, 1.82) is 0 Å². The number of halogens is 1. The molecule has 21 heavy (non-hydrogen) atoms. The van der Waals surface area contributed by atoms with Crippen LogP contribution in [-0.4, -0.2) is 14.5 Å². The second-order valence-electron chi connectivity index (χ2n) is 5.14. The number of nitrogens with zero attached hydrogens (tertiary/aromatic N) is 1. The highest BCUT2D eigenvalue weighted by atomic mass is 35.5. The van der Waals surface area contributed by atoms with Crippen molar-refractivity contribution in [1.82, 2.24) is 0 Å². The fraction of sp³-hybridized carbons (Fsp3) is 0.250. The molecule has 0 atom stereocenters. The standard InChI is InChI=1S/C16H18ClNO2S/c1-12(2)18(14-7-5-4-6-8-14)21(19,20)15-10-9-13(3)16(17)11-15/h4-12H,1-3H3. The molecule has 0 aliphatic heterocycles. The van der Waals surface area contributed by atoms with Crippen molar-refractivity contribution in [3.63, 3.8) is 0 Å². The summed E-state index contributed by atoms with van der Waals surface area (Å²) in [4.78, 5) is 0.204. The van der Waals surface area contributed by atoms with E-state index in [2.05, 4.69) is 0 Å². The molecule has 0 heterocycles. The van der Waals surface area contributed by atoms with E-state index in [4.69, 9.17) is 11.6 Å². The molecular formula is C16H18ClNO2S. The minimum atomic E-state index is -3.64. The molecule has 0 aliphatic rings. The Bertz CT molecular complexity index is 727. The molecule has 2 aromatic rings. The molecule has 0 bridgehead atoms. The third-order valence-electron chi connectivity index (χ3n) is 3.18. The molecule has 112 valence electrons. The van der Waals surface area contributed by atoms with Gasteiger partial charge < -0.3 is 0 Å². The molecule has 0 fully saturated rings. The molecule has 0 saturated heterocycles. The van der Waals surface area contributed by atoms with Crippen molar-refractivity contribution in [2.24, 2.45) is 0 Å². The maximum Gasteiger partial charge on any atom is 0.264 e. The zero-order valence-corrected chi connectivity index (χ0v) is 13.8. The number of rotatable bonds is 4. The topological polar surface area (TPSA) is 37.4 Å². The molecule has 0 spiro atoms. The summed E-state index contributed by atoms with van der Waals surface area (Å²) in [5, 5.41) is 0.452. The monoisotopic (exact) mass is 323 g/mol. The number of aryl methyl sites for hydroxylation is 1. The van der Waals surface area contributed by atoms with E-state index in [1.807, 2.05) is 39.0 Å². The molecule has 0 unspecified atom stereocenters. The Balaban J connectivity index is 2.56. The zero-order valence-electron chi connectivity index (χ0n) is 12.2. The van der Waals surface area contributed by atoms with Gasteiger partial charge in [-0.25, -0.2) is 8.42 Å². The highest BCUT2D eigenvalue weighted by molar-refractivity contribution is 7.92. The third-order valence-corrected chi connectivity index (χ3v) is 5.59. The van der Waals surface area contributed by atoms with E-state index in [1.165, 1.54) is 10.4 Å². The van der Waals surface area contributed by atoms with E-state index in [9.17, 15) is 8.42 Å². The SMILES string of the molecule is Cc1ccc(S(=O)(=O)N(c2ccccc2)C(C)C)cc1Cl. The summed E-state index contributed by atoms with van der Waals surface area (Å²) in [6.45, 7) is 5.54. The summed E-state index contributed by atoms with van der Waals surface area (Å²) in [5.41, 5.74) is 1.50. The van der Waals surface area contributed by atoms with Crippen LogP contribution in [0.4, 0.5) is 5.69 Å². The van der Waals surface area contributed by atoms with E-state index in [-0.39, 0.29) is 10.9 Å². The van der Waals surface area contributed by atoms with Gasteiger partial charge in [0.2, 0.25) is 0 Å². The van der Waals surface area contributed by atoms with Gasteiger partial charge in [-0.1, -0.05) is 35.9 Å². The molecule has 0 aliphatic carbocycles. The largest absolute Gasteiger partial charge is 0.264 e. The van der Waals surface area contributed by atoms with Crippen LogP contribution in [0.1, 0.15) is 19.4 Å². The Labute approximate surface area is 131 Å². The number of benzene rings is 2. The lowest BCUT2D eigenvalue weighted by Gasteiger charge is -2.28. The molecule has 5 heteroatoms. The summed E-state index contributed by atoms with van der Waals surface area (Å²) in [6.07, 6.45) is 0.